The van der Waals surface area contributed by atoms with E-state index in [0.717, 1.165) is 12.8 Å². The predicted octanol–water partition coefficient (Wildman–Crippen LogP) is 3.09. The Balaban J connectivity index is 1.49. The van der Waals surface area contributed by atoms with Crippen LogP contribution in [0.2, 0.25) is 0 Å². The van der Waals surface area contributed by atoms with E-state index < -0.39 is 11.9 Å². The second-order valence-corrected chi connectivity index (χ2v) is 5.85. The molecule has 0 aromatic rings. The summed E-state index contributed by atoms with van der Waals surface area (Å²) in [4.78, 5) is 11.0. The van der Waals surface area contributed by atoms with Crippen LogP contribution in [0.15, 0.2) is 12.2 Å². The summed E-state index contributed by atoms with van der Waals surface area (Å²) in [7, 11) is 0. The Morgan fingerprint density at radius 2 is 1.85 bits per heavy atom. The Morgan fingerprint density at radius 3 is 2.45 bits per heavy atom. The predicted molar refractivity (Wildman–Crippen MR) is 76.1 cm³/mol. The molecule has 20 heavy (non-hydrogen) atoms. The smallest absolute Gasteiger partial charge is 0.333 e. The second-order valence-electron chi connectivity index (χ2n) is 5.85. The van der Waals surface area contributed by atoms with Gasteiger partial charge in [-0.2, -0.15) is 0 Å². The Morgan fingerprint density at radius 1 is 1.20 bits per heavy atom. The Labute approximate surface area is 121 Å². The molecule has 0 amide bonds. The number of hydrogen-bond acceptors (Lipinski definition) is 4. The first-order valence-electron chi connectivity index (χ1n) is 7.96. The molecular weight excluding hydrogens is 256 g/mol. The van der Waals surface area contributed by atoms with Gasteiger partial charge in [-0.05, 0) is 12.5 Å². The summed E-state index contributed by atoms with van der Waals surface area (Å²) >= 11 is 0. The molecule has 0 aromatic heterocycles. The van der Waals surface area contributed by atoms with E-state index in [0.29, 0.717) is 6.42 Å². The van der Waals surface area contributed by atoms with E-state index in [9.17, 15) is 9.90 Å². The van der Waals surface area contributed by atoms with E-state index in [1.54, 1.807) is 6.08 Å². The highest BCUT2D eigenvalue weighted by Crippen LogP contribution is 2.45. The summed E-state index contributed by atoms with van der Waals surface area (Å²) in [6.45, 7) is 2.23. The number of aliphatic hydroxyl groups is 1. The SMILES string of the molecule is CCCCCCCCCCC(O)[C@@H]1O[C@@]12C=CC(=O)O2. The van der Waals surface area contributed by atoms with E-state index >= 15 is 0 Å². The van der Waals surface area contributed by atoms with Crippen molar-refractivity contribution in [1.29, 1.82) is 0 Å². The minimum Gasteiger partial charge on any atom is -0.423 e. The van der Waals surface area contributed by atoms with Gasteiger partial charge in [0, 0.05) is 6.08 Å². The number of hydrogen-bond donors (Lipinski definition) is 1. The first-order chi connectivity index (χ1) is 9.68. The first-order valence-corrected chi connectivity index (χ1v) is 7.96. The largest absolute Gasteiger partial charge is 0.423 e. The third kappa shape index (κ3) is 4.06. The number of esters is 1. The minimum absolute atomic E-state index is 0.366. The fraction of sp³-hybridized carbons (Fsp3) is 0.812. The maximum absolute atomic E-state index is 11.0. The third-order valence-electron chi connectivity index (χ3n) is 4.07. The van der Waals surface area contributed by atoms with Crippen molar-refractivity contribution in [3.05, 3.63) is 12.2 Å². The van der Waals surface area contributed by atoms with Crippen LogP contribution in [0, 0.1) is 0 Å². The van der Waals surface area contributed by atoms with Gasteiger partial charge in [0.25, 0.3) is 5.79 Å². The van der Waals surface area contributed by atoms with Crippen LogP contribution in [0.4, 0.5) is 0 Å². The molecule has 2 aliphatic rings. The van der Waals surface area contributed by atoms with Crippen molar-refractivity contribution in [3.8, 4) is 0 Å². The summed E-state index contributed by atoms with van der Waals surface area (Å²) in [5.41, 5.74) is 0. The van der Waals surface area contributed by atoms with Crippen LogP contribution in [0.25, 0.3) is 0 Å². The molecule has 0 aliphatic carbocycles. The van der Waals surface area contributed by atoms with Gasteiger partial charge in [-0.1, -0.05) is 58.3 Å². The van der Waals surface area contributed by atoms with Crippen molar-refractivity contribution in [2.45, 2.75) is 82.7 Å². The van der Waals surface area contributed by atoms with E-state index in [2.05, 4.69) is 6.92 Å². The minimum atomic E-state index is -0.934. The standard InChI is InChI=1S/C16H26O4/c1-2-3-4-5-6-7-8-9-10-13(17)15-16(20-15)12-11-14(18)19-16/h11-13,15,17H,2-10H2,1H3/t13?,15-,16-/m0/s1. The van der Waals surface area contributed by atoms with Gasteiger partial charge in [-0.3, -0.25) is 0 Å². The zero-order valence-electron chi connectivity index (χ0n) is 12.3. The monoisotopic (exact) mass is 282 g/mol. The quantitative estimate of drug-likeness (QED) is 0.380. The normalized spacial score (nSPS) is 28.9. The highest BCUT2D eigenvalue weighted by molar-refractivity contribution is 5.85. The number of epoxide rings is 1. The van der Waals surface area contributed by atoms with Crippen LogP contribution in [-0.2, 0) is 14.3 Å². The van der Waals surface area contributed by atoms with Gasteiger partial charge in [0.15, 0.2) is 6.10 Å². The lowest BCUT2D eigenvalue weighted by molar-refractivity contribution is -0.144. The highest BCUT2D eigenvalue weighted by Gasteiger charge is 2.63. The maximum atomic E-state index is 11.0. The molecule has 1 saturated heterocycles. The van der Waals surface area contributed by atoms with Gasteiger partial charge in [-0.25, -0.2) is 4.79 Å². The Bertz CT molecular complexity index is 352. The van der Waals surface area contributed by atoms with Crippen molar-refractivity contribution >= 4 is 5.97 Å². The maximum Gasteiger partial charge on any atom is 0.333 e. The zero-order valence-corrected chi connectivity index (χ0v) is 12.3. The van der Waals surface area contributed by atoms with Crippen LogP contribution < -0.4 is 0 Å². The van der Waals surface area contributed by atoms with E-state index in [1.165, 1.54) is 44.6 Å². The second kappa shape index (κ2) is 7.23. The molecule has 2 aliphatic heterocycles. The number of unbranched alkanes of at least 4 members (excludes halogenated alkanes) is 7. The summed E-state index contributed by atoms with van der Waals surface area (Å²) in [6.07, 6.45) is 12.8. The molecule has 0 saturated carbocycles. The highest BCUT2D eigenvalue weighted by atomic mass is 16.8. The number of aliphatic hydroxyl groups excluding tert-OH is 1. The van der Waals surface area contributed by atoms with Crippen LogP contribution >= 0.6 is 0 Å². The first kappa shape index (κ1) is 15.5. The molecule has 0 bridgehead atoms. The van der Waals surface area contributed by atoms with Crippen LogP contribution in [-0.4, -0.2) is 29.1 Å². The molecule has 4 heteroatoms. The Hall–Kier alpha value is -0.870. The summed E-state index contributed by atoms with van der Waals surface area (Å²) in [6, 6.07) is 0. The fourth-order valence-electron chi connectivity index (χ4n) is 2.78. The average Bonchev–Trinajstić information content (AvgIpc) is 3.00. The summed E-state index contributed by atoms with van der Waals surface area (Å²) in [5, 5.41) is 10.0. The van der Waals surface area contributed by atoms with Crippen molar-refractivity contribution in [3.63, 3.8) is 0 Å². The molecule has 114 valence electrons. The van der Waals surface area contributed by atoms with Gasteiger partial charge < -0.3 is 14.6 Å². The summed E-state index contributed by atoms with van der Waals surface area (Å²) in [5.74, 6) is -1.32. The average molecular weight is 282 g/mol. The Kier molecular flexibility index (Phi) is 5.61. The summed E-state index contributed by atoms with van der Waals surface area (Å²) < 4.78 is 10.4. The molecular formula is C16H26O4. The van der Waals surface area contributed by atoms with Crippen molar-refractivity contribution in [2.75, 3.05) is 0 Å². The number of carbonyl (C=O) groups excluding carboxylic acids is 1. The lowest BCUT2D eigenvalue weighted by atomic mass is 10.0. The van der Waals surface area contributed by atoms with Crippen molar-refractivity contribution < 1.29 is 19.4 Å². The van der Waals surface area contributed by atoms with Gasteiger partial charge in [0.2, 0.25) is 0 Å². The molecule has 0 aromatic carbocycles. The molecule has 2 heterocycles. The molecule has 1 N–H and O–H groups in total. The van der Waals surface area contributed by atoms with Gasteiger partial charge >= 0.3 is 5.97 Å². The molecule has 1 unspecified atom stereocenters. The van der Waals surface area contributed by atoms with E-state index in [-0.39, 0.29) is 12.1 Å². The lowest BCUT2D eigenvalue weighted by Crippen LogP contribution is -2.24. The number of ether oxygens (including phenoxy) is 2. The van der Waals surface area contributed by atoms with Gasteiger partial charge in [0.05, 0.1) is 6.10 Å². The van der Waals surface area contributed by atoms with Crippen LogP contribution in [0.5, 0.6) is 0 Å². The van der Waals surface area contributed by atoms with E-state index in [1.807, 2.05) is 0 Å². The molecule has 2 rings (SSSR count). The molecule has 1 fully saturated rings. The van der Waals surface area contributed by atoms with Crippen molar-refractivity contribution in [1.82, 2.24) is 0 Å². The molecule has 3 atom stereocenters. The lowest BCUT2D eigenvalue weighted by Gasteiger charge is -2.09. The third-order valence-corrected chi connectivity index (χ3v) is 4.07. The molecule has 1 spiro atoms. The van der Waals surface area contributed by atoms with Gasteiger partial charge in [0.1, 0.15) is 0 Å². The fourth-order valence-corrected chi connectivity index (χ4v) is 2.78. The number of rotatable bonds is 10. The van der Waals surface area contributed by atoms with Crippen LogP contribution in [0.1, 0.15) is 64.7 Å². The van der Waals surface area contributed by atoms with Crippen LogP contribution in [0.3, 0.4) is 0 Å². The molecule has 4 nitrogen and oxygen atoms in total. The number of carbonyl (C=O) groups is 1. The van der Waals surface area contributed by atoms with E-state index in [4.69, 9.17) is 9.47 Å². The van der Waals surface area contributed by atoms with Gasteiger partial charge in [-0.15, -0.1) is 0 Å². The van der Waals surface area contributed by atoms with Crippen molar-refractivity contribution in [2.24, 2.45) is 0 Å². The topological polar surface area (TPSA) is 59.1 Å². The molecule has 0 radical (unpaired) electrons. The zero-order chi connectivity index (χ0) is 14.4.